The number of benzene rings is 1. The second-order valence-corrected chi connectivity index (χ2v) is 5.94. The van der Waals surface area contributed by atoms with Crippen LogP contribution in [0.4, 0.5) is 5.69 Å². The molecule has 2 aliphatic heterocycles. The Labute approximate surface area is 128 Å². The van der Waals surface area contributed by atoms with Crippen molar-refractivity contribution >= 4 is 11.6 Å². The van der Waals surface area contributed by atoms with Gasteiger partial charge in [0.2, 0.25) is 12.7 Å². The Balaban J connectivity index is 1.36. The Hall–Kier alpha value is -1.79. The fourth-order valence-corrected chi connectivity index (χ4v) is 3.32. The summed E-state index contributed by atoms with van der Waals surface area (Å²) < 4.78 is 22.0. The first kappa shape index (κ1) is 13.8. The third-order valence-electron chi connectivity index (χ3n) is 4.57. The van der Waals surface area contributed by atoms with E-state index in [1.54, 1.807) is 6.07 Å². The molecule has 0 atom stereocenters. The van der Waals surface area contributed by atoms with E-state index in [0.717, 1.165) is 31.4 Å². The molecule has 4 rings (SSSR count). The molecule has 1 spiro atoms. The molecule has 0 unspecified atom stereocenters. The van der Waals surface area contributed by atoms with Crippen LogP contribution in [0.2, 0.25) is 0 Å². The number of anilines is 1. The molecular weight excluding hydrogens is 286 g/mol. The maximum Gasteiger partial charge on any atom is 0.231 e. The van der Waals surface area contributed by atoms with Gasteiger partial charge in [-0.2, -0.15) is 0 Å². The molecule has 2 heterocycles. The zero-order chi connectivity index (χ0) is 15.0. The number of hydrogen-bond acceptors (Lipinski definition) is 5. The van der Waals surface area contributed by atoms with Crippen molar-refractivity contribution in [2.24, 2.45) is 5.92 Å². The van der Waals surface area contributed by atoms with Gasteiger partial charge >= 0.3 is 0 Å². The van der Waals surface area contributed by atoms with E-state index in [1.807, 2.05) is 12.1 Å². The summed E-state index contributed by atoms with van der Waals surface area (Å²) in [5.41, 5.74) is 0.739. The zero-order valence-electron chi connectivity index (χ0n) is 12.3. The molecule has 1 saturated heterocycles. The second kappa shape index (κ2) is 5.44. The number of nitrogens with one attached hydrogen (secondary N) is 1. The summed E-state index contributed by atoms with van der Waals surface area (Å²) in [6.45, 7) is 1.56. The highest BCUT2D eigenvalue weighted by molar-refractivity contribution is 5.93. The summed E-state index contributed by atoms with van der Waals surface area (Å²) in [4.78, 5) is 12.4. The molecule has 22 heavy (non-hydrogen) atoms. The topological polar surface area (TPSA) is 66.0 Å². The number of hydrogen-bond donors (Lipinski definition) is 1. The molecule has 0 radical (unpaired) electrons. The maximum atomic E-state index is 12.4. The molecule has 1 N–H and O–H groups in total. The van der Waals surface area contributed by atoms with Crippen molar-refractivity contribution < 1.29 is 23.7 Å². The molecule has 1 aromatic carbocycles. The van der Waals surface area contributed by atoms with Crippen LogP contribution in [-0.2, 0) is 14.3 Å². The number of fused-ring (bicyclic) bond motifs is 1. The minimum Gasteiger partial charge on any atom is -0.454 e. The number of amides is 1. The van der Waals surface area contributed by atoms with Gasteiger partial charge in [0.05, 0.1) is 13.2 Å². The van der Waals surface area contributed by atoms with E-state index < -0.39 is 5.79 Å². The zero-order valence-corrected chi connectivity index (χ0v) is 12.3. The Bertz CT molecular complexity index is 572. The van der Waals surface area contributed by atoms with E-state index in [2.05, 4.69) is 5.32 Å². The Morgan fingerprint density at radius 1 is 1.09 bits per heavy atom. The van der Waals surface area contributed by atoms with Crippen LogP contribution >= 0.6 is 0 Å². The minimum absolute atomic E-state index is 0.00356. The largest absolute Gasteiger partial charge is 0.454 e. The van der Waals surface area contributed by atoms with Gasteiger partial charge in [0.1, 0.15) is 0 Å². The summed E-state index contributed by atoms with van der Waals surface area (Å²) in [5.74, 6) is 1.02. The molecule has 118 valence electrons. The van der Waals surface area contributed by atoms with Crippen LogP contribution in [0.5, 0.6) is 11.5 Å². The minimum atomic E-state index is -0.421. The van der Waals surface area contributed by atoms with E-state index >= 15 is 0 Å². The highest BCUT2D eigenvalue weighted by atomic mass is 16.7. The van der Waals surface area contributed by atoms with Gasteiger partial charge in [-0.25, -0.2) is 0 Å². The Morgan fingerprint density at radius 2 is 1.82 bits per heavy atom. The fourth-order valence-electron chi connectivity index (χ4n) is 3.32. The van der Waals surface area contributed by atoms with Crippen molar-refractivity contribution in [1.29, 1.82) is 0 Å². The highest BCUT2D eigenvalue weighted by Crippen LogP contribution is 2.39. The van der Waals surface area contributed by atoms with E-state index in [0.29, 0.717) is 24.7 Å². The van der Waals surface area contributed by atoms with Crippen LogP contribution in [0, 0.1) is 5.92 Å². The molecule has 3 aliphatic rings. The molecule has 6 heteroatoms. The Kier molecular flexibility index (Phi) is 3.43. The number of rotatable bonds is 2. The lowest BCUT2D eigenvalue weighted by molar-refractivity contribution is -0.182. The molecule has 1 aliphatic carbocycles. The average Bonchev–Trinajstić information content (AvgIpc) is 3.17. The van der Waals surface area contributed by atoms with Crippen LogP contribution in [0.25, 0.3) is 0 Å². The number of ether oxygens (including phenoxy) is 4. The van der Waals surface area contributed by atoms with E-state index in [-0.39, 0.29) is 18.6 Å². The summed E-state index contributed by atoms with van der Waals surface area (Å²) in [6.07, 6.45) is 3.14. The van der Waals surface area contributed by atoms with E-state index in [9.17, 15) is 4.79 Å². The van der Waals surface area contributed by atoms with E-state index in [1.165, 1.54) is 0 Å². The van der Waals surface area contributed by atoms with Crippen LogP contribution in [-0.4, -0.2) is 31.7 Å². The summed E-state index contributed by atoms with van der Waals surface area (Å²) in [7, 11) is 0. The van der Waals surface area contributed by atoms with Crippen molar-refractivity contribution in [3.8, 4) is 11.5 Å². The Morgan fingerprint density at radius 3 is 2.59 bits per heavy atom. The van der Waals surface area contributed by atoms with Crippen LogP contribution < -0.4 is 14.8 Å². The van der Waals surface area contributed by atoms with Gasteiger partial charge in [-0.3, -0.25) is 4.79 Å². The quantitative estimate of drug-likeness (QED) is 0.908. The summed E-state index contributed by atoms with van der Waals surface area (Å²) in [5, 5.41) is 2.96. The molecule has 1 amide bonds. The van der Waals surface area contributed by atoms with Crippen molar-refractivity contribution in [2.75, 3.05) is 25.3 Å². The number of carbonyl (C=O) groups is 1. The standard InChI is InChI=1S/C16H19NO5/c18-15(11-3-5-16(6-4-11)21-7-8-22-16)17-12-1-2-13-14(9-12)20-10-19-13/h1-2,9,11H,3-8,10H2,(H,17,18). The van der Waals surface area contributed by atoms with Crippen LogP contribution in [0.1, 0.15) is 25.7 Å². The first-order valence-electron chi connectivity index (χ1n) is 7.73. The van der Waals surface area contributed by atoms with Gasteiger partial charge in [-0.1, -0.05) is 0 Å². The van der Waals surface area contributed by atoms with Crippen molar-refractivity contribution in [2.45, 2.75) is 31.5 Å². The third-order valence-corrected chi connectivity index (χ3v) is 4.57. The average molecular weight is 305 g/mol. The van der Waals surface area contributed by atoms with Crippen LogP contribution in [0.15, 0.2) is 18.2 Å². The molecule has 2 fully saturated rings. The lowest BCUT2D eigenvalue weighted by atomic mass is 9.84. The molecule has 1 saturated carbocycles. The van der Waals surface area contributed by atoms with Gasteiger partial charge in [0.25, 0.3) is 0 Å². The van der Waals surface area contributed by atoms with Gasteiger partial charge < -0.3 is 24.3 Å². The first-order valence-corrected chi connectivity index (χ1v) is 7.73. The van der Waals surface area contributed by atoms with Gasteiger partial charge in [0, 0.05) is 30.5 Å². The summed E-state index contributed by atoms with van der Waals surface area (Å²) in [6, 6.07) is 5.45. The predicted octanol–water partition coefficient (Wildman–Crippen LogP) is 2.29. The van der Waals surface area contributed by atoms with Crippen molar-refractivity contribution in [3.63, 3.8) is 0 Å². The van der Waals surface area contributed by atoms with Gasteiger partial charge in [-0.05, 0) is 25.0 Å². The fraction of sp³-hybridized carbons (Fsp3) is 0.562. The normalized spacial score (nSPS) is 22.9. The van der Waals surface area contributed by atoms with Crippen LogP contribution in [0.3, 0.4) is 0 Å². The maximum absolute atomic E-state index is 12.4. The third kappa shape index (κ3) is 2.53. The predicted molar refractivity (Wildman–Crippen MR) is 77.8 cm³/mol. The molecule has 0 aromatic heterocycles. The summed E-state index contributed by atoms with van der Waals surface area (Å²) >= 11 is 0. The molecule has 6 nitrogen and oxygen atoms in total. The lowest BCUT2D eigenvalue weighted by Crippen LogP contribution is -2.38. The van der Waals surface area contributed by atoms with Crippen molar-refractivity contribution in [1.82, 2.24) is 0 Å². The molecular formula is C16H19NO5. The second-order valence-electron chi connectivity index (χ2n) is 5.94. The smallest absolute Gasteiger partial charge is 0.231 e. The molecule has 1 aromatic rings. The van der Waals surface area contributed by atoms with Crippen molar-refractivity contribution in [3.05, 3.63) is 18.2 Å². The lowest BCUT2D eigenvalue weighted by Gasteiger charge is -2.34. The monoisotopic (exact) mass is 305 g/mol. The molecule has 0 bridgehead atoms. The van der Waals surface area contributed by atoms with E-state index in [4.69, 9.17) is 18.9 Å². The highest BCUT2D eigenvalue weighted by Gasteiger charge is 2.41. The number of carbonyl (C=O) groups excluding carboxylic acids is 1. The SMILES string of the molecule is O=C(Nc1ccc2c(c1)OCO2)C1CCC2(CC1)OCCO2. The first-order chi connectivity index (χ1) is 10.7. The van der Waals surface area contributed by atoms with Gasteiger partial charge in [-0.15, -0.1) is 0 Å². The van der Waals surface area contributed by atoms with Gasteiger partial charge in [0.15, 0.2) is 17.3 Å².